The highest BCUT2D eigenvalue weighted by Crippen LogP contribution is 2.28. The van der Waals surface area contributed by atoms with E-state index in [1.807, 2.05) is 32.9 Å². The van der Waals surface area contributed by atoms with Crippen molar-refractivity contribution in [2.24, 2.45) is 0 Å². The highest BCUT2D eigenvalue weighted by atomic mass is 16.6. The van der Waals surface area contributed by atoms with Crippen LogP contribution in [0.1, 0.15) is 60.3 Å². The van der Waals surface area contributed by atoms with Crippen LogP contribution in [0.15, 0.2) is 46.1 Å². The van der Waals surface area contributed by atoms with E-state index in [4.69, 9.17) is 9.47 Å². The van der Waals surface area contributed by atoms with Crippen LogP contribution in [0.2, 0.25) is 0 Å². The van der Waals surface area contributed by atoms with Crippen LogP contribution in [0.5, 0.6) is 0 Å². The van der Waals surface area contributed by atoms with Crippen LogP contribution in [-0.2, 0) is 23.9 Å². The standard InChI is InChI=1S/C22H28O5/c1-13-7-6-8-14(2)11-19(24)21-16(4)22(25)27-20(21)12-15(3)10-18(9-13)26-17(5)23/h8-9,12,18,20H,6-7,10-11H2,1-5H3/b13-9+,14-8+,15-12+/t18-,20+/m1/s1. The number of allylic oxidation sites excluding steroid dienone is 3. The van der Waals surface area contributed by atoms with E-state index in [9.17, 15) is 14.4 Å². The van der Waals surface area contributed by atoms with Crippen LogP contribution in [0.4, 0.5) is 0 Å². The van der Waals surface area contributed by atoms with Gasteiger partial charge in [-0.25, -0.2) is 4.79 Å². The number of ketones is 1. The first-order valence-corrected chi connectivity index (χ1v) is 9.29. The van der Waals surface area contributed by atoms with Gasteiger partial charge in [-0.2, -0.15) is 0 Å². The molecule has 27 heavy (non-hydrogen) atoms. The van der Waals surface area contributed by atoms with Gasteiger partial charge in [0.15, 0.2) is 5.78 Å². The average Bonchev–Trinajstić information content (AvgIpc) is 2.79. The largest absolute Gasteiger partial charge is 0.458 e. The third-order valence-corrected chi connectivity index (χ3v) is 4.75. The van der Waals surface area contributed by atoms with E-state index in [1.165, 1.54) is 6.92 Å². The SMILES string of the molecule is CC(=O)O[C@@H]1/C=C(\C)CC/C=C(\C)CC(=O)C2=C(C)C(=O)O[C@H]2/C=C(\C)C1. The predicted molar refractivity (Wildman–Crippen MR) is 103 cm³/mol. The van der Waals surface area contributed by atoms with E-state index in [1.54, 1.807) is 13.0 Å². The van der Waals surface area contributed by atoms with E-state index in [0.29, 0.717) is 17.6 Å². The molecule has 0 saturated heterocycles. The average molecular weight is 372 g/mol. The van der Waals surface area contributed by atoms with Crippen LogP contribution < -0.4 is 0 Å². The van der Waals surface area contributed by atoms with Gasteiger partial charge in [0.25, 0.3) is 0 Å². The van der Waals surface area contributed by atoms with Crippen molar-refractivity contribution < 1.29 is 23.9 Å². The molecule has 0 saturated carbocycles. The second-order valence-corrected chi connectivity index (χ2v) is 7.43. The molecule has 0 unspecified atom stereocenters. The normalized spacial score (nSPS) is 30.8. The third-order valence-electron chi connectivity index (χ3n) is 4.75. The summed E-state index contributed by atoms with van der Waals surface area (Å²) >= 11 is 0. The number of fused-ring (bicyclic) bond motifs is 1. The minimum atomic E-state index is -0.677. The zero-order chi connectivity index (χ0) is 20.1. The zero-order valence-electron chi connectivity index (χ0n) is 16.8. The molecular weight excluding hydrogens is 344 g/mol. The van der Waals surface area contributed by atoms with Crippen molar-refractivity contribution in [2.45, 2.75) is 72.5 Å². The monoisotopic (exact) mass is 372 g/mol. The van der Waals surface area contributed by atoms with E-state index in [2.05, 4.69) is 0 Å². The Labute approximate surface area is 160 Å². The molecule has 0 aromatic carbocycles. The van der Waals surface area contributed by atoms with E-state index in [0.717, 1.165) is 29.6 Å². The summed E-state index contributed by atoms with van der Waals surface area (Å²) < 4.78 is 10.8. The number of rotatable bonds is 1. The maximum Gasteiger partial charge on any atom is 0.335 e. The van der Waals surface area contributed by atoms with E-state index in [-0.39, 0.29) is 24.3 Å². The summed E-state index contributed by atoms with van der Waals surface area (Å²) in [7, 11) is 0. The first-order valence-electron chi connectivity index (χ1n) is 9.29. The summed E-state index contributed by atoms with van der Waals surface area (Å²) in [5, 5.41) is 0. The number of hydrogen-bond donors (Lipinski definition) is 0. The van der Waals surface area contributed by atoms with E-state index >= 15 is 0 Å². The predicted octanol–water partition coefficient (Wildman–Crippen LogP) is 4.14. The Hall–Kier alpha value is -2.43. The lowest BCUT2D eigenvalue weighted by Gasteiger charge is -2.17. The zero-order valence-corrected chi connectivity index (χ0v) is 16.8. The Bertz CT molecular complexity index is 764. The molecule has 1 aliphatic carbocycles. The fraction of sp³-hybridized carbons (Fsp3) is 0.500. The van der Waals surface area contributed by atoms with Crippen molar-refractivity contribution in [3.63, 3.8) is 0 Å². The molecule has 1 aliphatic heterocycles. The van der Waals surface area contributed by atoms with Gasteiger partial charge in [-0.15, -0.1) is 0 Å². The van der Waals surface area contributed by atoms with Crippen LogP contribution in [-0.4, -0.2) is 29.9 Å². The van der Waals surface area contributed by atoms with Crippen molar-refractivity contribution in [3.05, 3.63) is 46.1 Å². The fourth-order valence-corrected chi connectivity index (χ4v) is 3.43. The van der Waals surface area contributed by atoms with Crippen molar-refractivity contribution in [1.82, 2.24) is 0 Å². The molecule has 0 radical (unpaired) electrons. The first-order chi connectivity index (χ1) is 12.7. The number of Topliss-reactive ketones (excluding diaryl/α,β-unsaturated/α-hetero) is 1. The fourth-order valence-electron chi connectivity index (χ4n) is 3.43. The summed E-state index contributed by atoms with van der Waals surface area (Å²) in [6.07, 6.45) is 7.15. The van der Waals surface area contributed by atoms with Crippen molar-refractivity contribution >= 4 is 17.7 Å². The van der Waals surface area contributed by atoms with Gasteiger partial charge < -0.3 is 9.47 Å². The quantitative estimate of drug-likeness (QED) is 0.511. The smallest absolute Gasteiger partial charge is 0.335 e. The molecule has 5 nitrogen and oxygen atoms in total. The Morgan fingerprint density at radius 2 is 1.78 bits per heavy atom. The maximum atomic E-state index is 12.8. The molecule has 0 aromatic heterocycles. The Balaban J connectivity index is 2.42. The molecule has 5 heteroatoms. The number of ether oxygens (including phenoxy) is 2. The number of carbonyl (C=O) groups is 3. The van der Waals surface area contributed by atoms with Crippen LogP contribution in [0.3, 0.4) is 0 Å². The Kier molecular flexibility index (Phi) is 6.94. The van der Waals surface area contributed by atoms with Gasteiger partial charge >= 0.3 is 11.9 Å². The molecule has 2 aliphatic rings. The minimum absolute atomic E-state index is 0.0815. The molecule has 2 rings (SSSR count). The van der Waals surface area contributed by atoms with Crippen molar-refractivity contribution in [2.75, 3.05) is 0 Å². The van der Waals surface area contributed by atoms with Gasteiger partial charge in [0.1, 0.15) is 12.2 Å². The van der Waals surface area contributed by atoms with Gasteiger partial charge in [-0.3, -0.25) is 9.59 Å². The molecule has 0 spiro atoms. The lowest BCUT2D eigenvalue weighted by molar-refractivity contribution is -0.144. The second-order valence-electron chi connectivity index (χ2n) is 7.43. The summed E-state index contributed by atoms with van der Waals surface area (Å²) in [4.78, 5) is 36.2. The number of carbonyl (C=O) groups excluding carboxylic acids is 3. The number of esters is 2. The van der Waals surface area contributed by atoms with E-state index < -0.39 is 12.1 Å². The molecule has 0 bridgehead atoms. The summed E-state index contributed by atoms with van der Waals surface area (Å²) in [5.74, 6) is -0.875. The lowest BCUT2D eigenvalue weighted by atomic mass is 9.94. The van der Waals surface area contributed by atoms with Gasteiger partial charge in [-0.1, -0.05) is 22.8 Å². The van der Waals surface area contributed by atoms with Gasteiger partial charge in [-0.05, 0) is 52.7 Å². The third kappa shape index (κ3) is 5.78. The van der Waals surface area contributed by atoms with Gasteiger partial charge in [0.05, 0.1) is 0 Å². The summed E-state index contributed by atoms with van der Waals surface area (Å²) in [5.41, 5.74) is 3.80. The highest BCUT2D eigenvalue weighted by Gasteiger charge is 2.34. The molecule has 146 valence electrons. The topological polar surface area (TPSA) is 69.7 Å². The summed E-state index contributed by atoms with van der Waals surface area (Å²) in [6.45, 7) is 8.85. The molecule has 0 fully saturated rings. The van der Waals surface area contributed by atoms with Gasteiger partial charge in [0, 0.05) is 30.9 Å². The molecular formula is C22H28O5. The first kappa shape index (κ1) is 20.9. The molecule has 2 atom stereocenters. The maximum absolute atomic E-state index is 12.8. The minimum Gasteiger partial charge on any atom is -0.458 e. The van der Waals surface area contributed by atoms with Crippen LogP contribution in [0.25, 0.3) is 0 Å². The number of hydrogen-bond acceptors (Lipinski definition) is 5. The van der Waals surface area contributed by atoms with Crippen molar-refractivity contribution in [1.29, 1.82) is 0 Å². The van der Waals surface area contributed by atoms with Crippen LogP contribution in [0, 0.1) is 0 Å². The Morgan fingerprint density at radius 3 is 2.44 bits per heavy atom. The molecule has 1 heterocycles. The Morgan fingerprint density at radius 1 is 1.07 bits per heavy atom. The molecule has 0 amide bonds. The molecule has 0 N–H and O–H groups in total. The van der Waals surface area contributed by atoms with Crippen LogP contribution >= 0.6 is 0 Å². The highest BCUT2D eigenvalue weighted by molar-refractivity contribution is 6.08. The lowest BCUT2D eigenvalue weighted by Crippen LogP contribution is -2.18. The second kappa shape index (κ2) is 8.98. The van der Waals surface area contributed by atoms with Gasteiger partial charge in [0.2, 0.25) is 0 Å². The summed E-state index contributed by atoms with van der Waals surface area (Å²) in [6, 6.07) is 0. The van der Waals surface area contributed by atoms with Crippen molar-refractivity contribution in [3.8, 4) is 0 Å². The molecule has 0 aromatic rings.